The van der Waals surface area contributed by atoms with Crippen LogP contribution in [0.1, 0.15) is 16.2 Å². The zero-order chi connectivity index (χ0) is 19.1. The molecule has 0 bridgehead atoms. The molecule has 0 fully saturated rings. The first-order chi connectivity index (χ1) is 13.0. The van der Waals surface area contributed by atoms with E-state index in [1.54, 1.807) is 24.3 Å². The first-order valence-electron chi connectivity index (χ1n) is 8.05. The molecule has 0 atom stereocenters. The number of aromatic carboxylic acids is 1. The lowest BCUT2D eigenvalue weighted by Gasteiger charge is -2.20. The zero-order valence-corrected chi connectivity index (χ0v) is 13.9. The van der Waals surface area contributed by atoms with Crippen LogP contribution in [0, 0.1) is 5.41 Å². The number of H-pyrrole nitrogens is 1. The smallest absolute Gasteiger partial charge is 0.335 e. The summed E-state index contributed by atoms with van der Waals surface area (Å²) < 4.78 is 0. The molecule has 8 nitrogen and oxygen atoms in total. The number of fused-ring (bicyclic) bond motifs is 1. The number of aromatic nitrogens is 2. The van der Waals surface area contributed by atoms with Crippen molar-refractivity contribution in [1.29, 1.82) is 5.41 Å². The molecular formula is C19H13N4O4-. The molecule has 8 heteroatoms. The van der Waals surface area contributed by atoms with Gasteiger partial charge in [-0.2, -0.15) is 0 Å². The molecule has 1 aliphatic rings. The van der Waals surface area contributed by atoms with Crippen molar-refractivity contribution in [2.24, 2.45) is 0 Å². The van der Waals surface area contributed by atoms with Gasteiger partial charge in [0.2, 0.25) is 0 Å². The molecule has 0 aliphatic carbocycles. The Hall–Kier alpha value is -3.94. The Morgan fingerprint density at radius 2 is 1.89 bits per heavy atom. The number of carbonyl (C=O) groups is 1. The molecule has 3 aromatic rings. The van der Waals surface area contributed by atoms with Crippen LogP contribution in [-0.4, -0.2) is 33.4 Å². The topological polar surface area (TPSA) is 133 Å². The molecule has 0 unspecified atom stereocenters. The summed E-state index contributed by atoms with van der Waals surface area (Å²) in [5.74, 6) is -1.44. The van der Waals surface area contributed by atoms with Gasteiger partial charge in [0.25, 0.3) is 5.56 Å². The van der Waals surface area contributed by atoms with E-state index in [0.717, 1.165) is 0 Å². The average molecular weight is 361 g/mol. The second-order valence-electron chi connectivity index (χ2n) is 6.02. The van der Waals surface area contributed by atoms with Gasteiger partial charge in [-0.25, -0.2) is 9.78 Å². The van der Waals surface area contributed by atoms with Gasteiger partial charge in [-0.15, -0.1) is 0 Å². The maximum absolute atomic E-state index is 12.5. The quantitative estimate of drug-likeness (QED) is 0.642. The van der Waals surface area contributed by atoms with E-state index in [1.165, 1.54) is 29.2 Å². The molecular weight excluding hydrogens is 348 g/mol. The van der Waals surface area contributed by atoms with Crippen LogP contribution >= 0.6 is 0 Å². The monoisotopic (exact) mass is 361 g/mol. The van der Waals surface area contributed by atoms with E-state index in [4.69, 9.17) is 10.5 Å². The van der Waals surface area contributed by atoms with Crippen molar-refractivity contribution >= 4 is 34.0 Å². The molecule has 0 radical (unpaired) electrons. The summed E-state index contributed by atoms with van der Waals surface area (Å²) in [6.07, 6.45) is 0. The van der Waals surface area contributed by atoms with E-state index >= 15 is 0 Å². The number of para-hydroxylation sites is 1. The average Bonchev–Trinajstić information content (AvgIpc) is 2.96. The summed E-state index contributed by atoms with van der Waals surface area (Å²) in [5.41, 5.74) is 0.707. The van der Waals surface area contributed by atoms with Gasteiger partial charge in [0.05, 0.1) is 16.5 Å². The number of nitrogens with zero attached hydrogens (tertiary/aromatic N) is 2. The normalized spacial score (nSPS) is 14.2. The number of carboxylic acids is 1. The standard InChI is InChI=1S/C19H14N4O4/c20-16-15(17-21-13-4-2-1-3-12(13)18(25)22-17)14(24)9-23(16)11-7-5-10(6-8-11)19(26)27/h1-8,20,24H,9H2,(H,26,27)(H,21,22,25)/p-1. The number of amidine groups is 1. The second kappa shape index (κ2) is 6.10. The van der Waals surface area contributed by atoms with Crippen molar-refractivity contribution in [2.45, 2.75) is 0 Å². The van der Waals surface area contributed by atoms with Gasteiger partial charge in [0.1, 0.15) is 11.7 Å². The van der Waals surface area contributed by atoms with Gasteiger partial charge in [0, 0.05) is 17.8 Å². The molecule has 0 saturated carbocycles. The van der Waals surface area contributed by atoms with E-state index in [-0.39, 0.29) is 40.7 Å². The van der Waals surface area contributed by atoms with Crippen molar-refractivity contribution in [3.63, 3.8) is 0 Å². The Labute approximate surface area is 152 Å². The third kappa shape index (κ3) is 2.73. The summed E-state index contributed by atoms with van der Waals surface area (Å²) in [6.45, 7) is -0.0862. The highest BCUT2D eigenvalue weighted by molar-refractivity contribution is 6.30. The predicted octanol–water partition coefficient (Wildman–Crippen LogP) is 1.19. The SMILES string of the molecule is N=C1C(c2nc3ccccc3c(=O)[nH]2)=C([O-])CN1c1ccc(C(=O)O)cc1. The van der Waals surface area contributed by atoms with Gasteiger partial charge in [-0.3, -0.25) is 10.2 Å². The van der Waals surface area contributed by atoms with Gasteiger partial charge < -0.3 is 20.1 Å². The highest BCUT2D eigenvalue weighted by Gasteiger charge is 2.26. The minimum Gasteiger partial charge on any atom is -0.874 e. The van der Waals surface area contributed by atoms with Gasteiger partial charge >= 0.3 is 5.97 Å². The summed E-state index contributed by atoms with van der Waals surface area (Å²) >= 11 is 0. The largest absolute Gasteiger partial charge is 0.874 e. The molecule has 27 heavy (non-hydrogen) atoms. The third-order valence-electron chi connectivity index (χ3n) is 4.36. The lowest BCUT2D eigenvalue weighted by atomic mass is 10.2. The summed E-state index contributed by atoms with van der Waals surface area (Å²) in [6, 6.07) is 12.6. The van der Waals surface area contributed by atoms with Crippen molar-refractivity contribution < 1.29 is 15.0 Å². The van der Waals surface area contributed by atoms with Gasteiger partial charge in [-0.05, 0) is 36.4 Å². The van der Waals surface area contributed by atoms with Crippen molar-refractivity contribution in [2.75, 3.05) is 11.4 Å². The fraction of sp³-hybridized carbons (Fsp3) is 0.0526. The summed E-state index contributed by atoms with van der Waals surface area (Å²) in [7, 11) is 0. The number of hydrogen-bond acceptors (Lipinski definition) is 5. The molecule has 2 heterocycles. The molecule has 3 N–H and O–H groups in total. The van der Waals surface area contributed by atoms with E-state index in [9.17, 15) is 14.7 Å². The zero-order valence-electron chi connectivity index (χ0n) is 13.9. The van der Waals surface area contributed by atoms with Crippen LogP contribution in [0.2, 0.25) is 0 Å². The molecule has 1 aromatic heterocycles. The molecule has 0 saturated heterocycles. The van der Waals surface area contributed by atoms with Gasteiger partial charge in [-0.1, -0.05) is 17.9 Å². The minimum absolute atomic E-state index is 0.0279. The van der Waals surface area contributed by atoms with Crippen LogP contribution in [0.15, 0.2) is 59.1 Å². The Kier molecular flexibility index (Phi) is 3.73. The molecule has 0 spiro atoms. The van der Waals surface area contributed by atoms with Crippen LogP contribution in [-0.2, 0) is 0 Å². The lowest BCUT2D eigenvalue weighted by Crippen LogP contribution is -2.27. The molecule has 0 amide bonds. The molecule has 4 rings (SSSR count). The predicted molar refractivity (Wildman–Crippen MR) is 97.8 cm³/mol. The van der Waals surface area contributed by atoms with Crippen LogP contribution < -0.4 is 15.6 Å². The van der Waals surface area contributed by atoms with E-state index in [0.29, 0.717) is 16.6 Å². The van der Waals surface area contributed by atoms with E-state index < -0.39 is 5.97 Å². The van der Waals surface area contributed by atoms with Crippen molar-refractivity contribution in [1.82, 2.24) is 9.97 Å². The summed E-state index contributed by atoms with van der Waals surface area (Å²) in [4.78, 5) is 31.6. The second-order valence-corrected chi connectivity index (χ2v) is 6.02. The van der Waals surface area contributed by atoms with E-state index in [1.807, 2.05) is 0 Å². The Balaban J connectivity index is 1.73. The van der Waals surface area contributed by atoms with Crippen molar-refractivity contribution in [3.8, 4) is 0 Å². The maximum Gasteiger partial charge on any atom is 0.335 e. The third-order valence-corrected chi connectivity index (χ3v) is 4.36. The van der Waals surface area contributed by atoms with Gasteiger partial charge in [0.15, 0.2) is 0 Å². The highest BCUT2D eigenvalue weighted by Crippen LogP contribution is 2.28. The van der Waals surface area contributed by atoms with E-state index in [2.05, 4.69) is 9.97 Å². The molecule has 2 aromatic carbocycles. The number of aromatic amines is 1. The number of carboxylic acid groups (broad SMARTS) is 1. The summed E-state index contributed by atoms with van der Waals surface area (Å²) in [5, 5.41) is 30.3. The van der Waals surface area contributed by atoms with Crippen LogP contribution in [0.5, 0.6) is 0 Å². The fourth-order valence-electron chi connectivity index (χ4n) is 3.02. The highest BCUT2D eigenvalue weighted by atomic mass is 16.4. The fourth-order valence-corrected chi connectivity index (χ4v) is 3.02. The number of hydrogen-bond donors (Lipinski definition) is 3. The minimum atomic E-state index is -1.06. The Morgan fingerprint density at radius 1 is 1.19 bits per heavy atom. The first-order valence-corrected chi connectivity index (χ1v) is 8.05. The Morgan fingerprint density at radius 3 is 2.59 bits per heavy atom. The van der Waals surface area contributed by atoms with Crippen LogP contribution in [0.4, 0.5) is 5.69 Å². The number of benzene rings is 2. The number of nitrogens with one attached hydrogen (secondary N) is 2. The first kappa shape index (κ1) is 16.5. The van der Waals surface area contributed by atoms with Crippen LogP contribution in [0.25, 0.3) is 16.5 Å². The lowest BCUT2D eigenvalue weighted by molar-refractivity contribution is -0.300. The number of anilines is 1. The Bertz CT molecular complexity index is 1180. The van der Waals surface area contributed by atoms with Crippen molar-refractivity contribution in [3.05, 3.63) is 76.0 Å². The maximum atomic E-state index is 12.5. The molecule has 134 valence electrons. The molecule has 1 aliphatic heterocycles. The number of rotatable bonds is 3. The van der Waals surface area contributed by atoms with Crippen LogP contribution in [0.3, 0.4) is 0 Å².